The fourth-order valence-corrected chi connectivity index (χ4v) is 3.61. The van der Waals surface area contributed by atoms with E-state index in [9.17, 15) is 36.3 Å². The van der Waals surface area contributed by atoms with Crippen LogP contribution in [0.25, 0.3) is 0 Å². The van der Waals surface area contributed by atoms with Crippen molar-refractivity contribution in [3.05, 3.63) is 41.5 Å². The molecule has 2 amide bonds. The second kappa shape index (κ2) is 14.0. The molecule has 3 rings (SSSR count). The van der Waals surface area contributed by atoms with E-state index < -0.39 is 34.2 Å². The Labute approximate surface area is 209 Å². The van der Waals surface area contributed by atoms with E-state index in [1.54, 1.807) is 11.9 Å². The van der Waals surface area contributed by atoms with E-state index in [1.807, 2.05) is 0 Å². The maximum atomic E-state index is 12.6. The molecule has 202 valence electrons. The average molecular weight is 541 g/mol. The third-order valence-electron chi connectivity index (χ3n) is 5.32. The molecule has 1 heterocycles. The molecule has 1 saturated heterocycles. The van der Waals surface area contributed by atoms with Gasteiger partial charge in [0.05, 0.1) is 5.54 Å². The molecule has 0 bridgehead atoms. The van der Waals surface area contributed by atoms with Gasteiger partial charge in [0.2, 0.25) is 6.29 Å². The number of nitrogens with two attached hydrogens (primary N) is 2. The predicted molar refractivity (Wildman–Crippen MR) is 126 cm³/mol. The Kier molecular flexibility index (Phi) is 12.1. The van der Waals surface area contributed by atoms with Gasteiger partial charge in [-0.3, -0.25) is 20.2 Å². The number of halogens is 5. The summed E-state index contributed by atoms with van der Waals surface area (Å²) in [5.74, 6) is -2.19. The van der Waals surface area contributed by atoms with Crippen LogP contribution in [0.15, 0.2) is 24.0 Å². The smallest absolute Gasteiger partial charge is 0.286 e. The van der Waals surface area contributed by atoms with Crippen LogP contribution >= 0.6 is 11.8 Å². The molecular weight excluding hydrogens is 511 g/mol. The number of carbonyl (C=O) groups is 3. The van der Waals surface area contributed by atoms with Gasteiger partial charge in [0.1, 0.15) is 0 Å². The van der Waals surface area contributed by atoms with Gasteiger partial charge in [-0.25, -0.2) is 22.0 Å². The number of likely N-dealkylation sites (N-methyl/N-ethyl adjacent to an activating group) is 1. The molecule has 2 fully saturated rings. The Morgan fingerprint density at radius 1 is 1.11 bits per heavy atom. The van der Waals surface area contributed by atoms with Gasteiger partial charge in [0, 0.05) is 55.6 Å². The highest BCUT2D eigenvalue weighted by atomic mass is 32.2. The first kappa shape index (κ1) is 31.1. The van der Waals surface area contributed by atoms with Crippen LogP contribution < -0.4 is 27.6 Å². The number of thioether (sulfide) groups is 1. The third kappa shape index (κ3) is 8.95. The van der Waals surface area contributed by atoms with Crippen LogP contribution in [0.1, 0.15) is 25.7 Å². The second-order valence-corrected chi connectivity index (χ2v) is 8.61. The van der Waals surface area contributed by atoms with Gasteiger partial charge in [-0.1, -0.05) is 11.8 Å². The summed E-state index contributed by atoms with van der Waals surface area (Å²) in [4.78, 5) is 32.9. The summed E-state index contributed by atoms with van der Waals surface area (Å²) in [5.41, 5.74) is 7.21. The van der Waals surface area contributed by atoms with Gasteiger partial charge >= 0.3 is 0 Å². The minimum Gasteiger partial charge on any atom is -0.399 e. The number of hydrazine groups is 1. The Hall–Kier alpha value is -2.91. The number of hydrogen-bond donors (Lipinski definition) is 5. The highest BCUT2D eigenvalue weighted by molar-refractivity contribution is 8.13. The summed E-state index contributed by atoms with van der Waals surface area (Å²) in [5, 5.41) is 4.49. The Bertz CT molecular complexity index is 929. The lowest BCUT2D eigenvalue weighted by atomic mass is 9.71. The Balaban J connectivity index is 0.000000276. The van der Waals surface area contributed by atoms with E-state index >= 15 is 0 Å². The van der Waals surface area contributed by atoms with Crippen LogP contribution in [0.4, 0.5) is 32.4 Å². The molecule has 0 atom stereocenters. The van der Waals surface area contributed by atoms with Gasteiger partial charge in [0.15, 0.2) is 17.5 Å². The molecule has 0 spiro atoms. The number of amides is 2. The number of rotatable bonds is 5. The number of hydrogen-bond acceptors (Lipinski definition) is 8. The molecular formula is C21H29F5N6O3S. The summed E-state index contributed by atoms with van der Waals surface area (Å²) in [6, 6.07) is 1.43. The fraction of sp³-hybridized carbons (Fsp3) is 0.476. The molecule has 1 aliphatic heterocycles. The quantitative estimate of drug-likeness (QED) is 0.0958. The Morgan fingerprint density at radius 3 is 2.03 bits per heavy atom. The molecule has 2 aliphatic rings. The zero-order chi connectivity index (χ0) is 27.5. The number of aldehydes is 1. The maximum absolute atomic E-state index is 12.6. The van der Waals surface area contributed by atoms with Crippen molar-refractivity contribution < 1.29 is 36.3 Å². The van der Waals surface area contributed by atoms with Gasteiger partial charge in [-0.2, -0.15) is 0 Å². The van der Waals surface area contributed by atoms with Gasteiger partial charge in [-0.15, -0.1) is 0 Å². The summed E-state index contributed by atoms with van der Waals surface area (Å²) in [7, 11) is 1.60. The predicted octanol–water partition coefficient (Wildman–Crippen LogP) is 2.44. The van der Waals surface area contributed by atoms with E-state index in [-0.39, 0.29) is 24.4 Å². The van der Waals surface area contributed by atoms with E-state index in [4.69, 9.17) is 11.6 Å². The lowest BCUT2D eigenvalue weighted by Gasteiger charge is -2.47. The number of nitrogens with one attached hydrogen (secondary N) is 3. The van der Waals surface area contributed by atoms with Crippen LogP contribution in [-0.2, 0) is 9.59 Å². The topological polar surface area (TPSA) is 143 Å². The summed E-state index contributed by atoms with van der Waals surface area (Å²) < 4.78 is 63.0. The number of alkyl halides is 2. The molecule has 0 unspecified atom stereocenters. The molecule has 0 radical (unpaired) electrons. The SMILES string of the molecule is CNC1(/C(N)=C/NN)CC(F)(F)C1.CSC(=O)Nc1cc(F)c(F)c(F)c1.O=CC(=O)N1CCCC1. The third-order valence-corrected chi connectivity index (χ3v) is 5.80. The van der Waals surface area contributed by atoms with Crippen LogP contribution in [0.2, 0.25) is 0 Å². The molecule has 36 heavy (non-hydrogen) atoms. The normalized spacial score (nSPS) is 17.4. The summed E-state index contributed by atoms with van der Waals surface area (Å²) >= 11 is 0.847. The fourth-order valence-electron chi connectivity index (χ4n) is 3.39. The van der Waals surface area contributed by atoms with Gasteiger partial charge < -0.3 is 26.7 Å². The van der Waals surface area contributed by atoms with Crippen molar-refractivity contribution in [3.8, 4) is 0 Å². The molecule has 0 aromatic heterocycles. The van der Waals surface area contributed by atoms with Crippen molar-refractivity contribution in [1.82, 2.24) is 15.6 Å². The summed E-state index contributed by atoms with van der Waals surface area (Å²) in [6.45, 7) is 1.52. The van der Waals surface area contributed by atoms with Crippen molar-refractivity contribution in [2.24, 2.45) is 11.6 Å². The van der Waals surface area contributed by atoms with Crippen molar-refractivity contribution in [2.45, 2.75) is 37.1 Å². The number of nitrogens with zero attached hydrogens (tertiary/aromatic N) is 1. The first-order chi connectivity index (χ1) is 16.8. The average Bonchev–Trinajstić information content (AvgIpc) is 3.36. The lowest BCUT2D eigenvalue weighted by molar-refractivity contribution is -0.137. The standard InChI is InChI=1S/C8H6F3NOS.C7H14F2N4.C6H9NO2/c1-14-8(13)12-4-2-5(9)7(11)6(10)3-4;1-12-6(5(10)2-13-11)3-7(8,9)4-6;8-5-6(9)7-3-1-2-4-7/h2-3H,1H3,(H,12,13);2,12-13H,3-4,10-11H2,1H3;5H,1-4H2/b;5-2-;. The monoisotopic (exact) mass is 540 g/mol. The number of carbonyl (C=O) groups excluding carboxylic acids is 3. The minimum atomic E-state index is -2.62. The van der Waals surface area contributed by atoms with E-state index in [2.05, 4.69) is 16.1 Å². The molecule has 1 aliphatic carbocycles. The number of benzene rings is 1. The maximum Gasteiger partial charge on any atom is 0.286 e. The van der Waals surface area contributed by atoms with Gasteiger partial charge in [0.25, 0.3) is 17.1 Å². The minimum absolute atomic E-state index is 0.110. The molecule has 1 aromatic rings. The van der Waals surface area contributed by atoms with E-state index in [0.717, 1.165) is 37.7 Å². The van der Waals surface area contributed by atoms with Crippen LogP contribution in [-0.4, -0.2) is 60.2 Å². The van der Waals surface area contributed by atoms with Crippen molar-refractivity contribution in [3.63, 3.8) is 0 Å². The van der Waals surface area contributed by atoms with Crippen molar-refractivity contribution in [1.29, 1.82) is 0 Å². The molecule has 1 aromatic carbocycles. The Morgan fingerprint density at radius 2 is 1.64 bits per heavy atom. The van der Waals surface area contributed by atoms with Crippen LogP contribution in [0, 0.1) is 17.5 Å². The first-order valence-corrected chi connectivity index (χ1v) is 11.8. The second-order valence-electron chi connectivity index (χ2n) is 7.83. The molecule has 15 heteroatoms. The molecule has 9 nitrogen and oxygen atoms in total. The number of anilines is 1. The molecule has 1 saturated carbocycles. The lowest BCUT2D eigenvalue weighted by Crippen LogP contribution is -2.62. The zero-order valence-corrected chi connectivity index (χ0v) is 20.5. The van der Waals surface area contributed by atoms with E-state index in [0.29, 0.717) is 24.1 Å². The molecule has 7 N–H and O–H groups in total. The highest BCUT2D eigenvalue weighted by Gasteiger charge is 2.57. The largest absolute Gasteiger partial charge is 0.399 e. The first-order valence-electron chi connectivity index (χ1n) is 10.6. The van der Waals surface area contributed by atoms with Crippen molar-refractivity contribution in [2.75, 3.05) is 31.7 Å². The number of likely N-dealkylation sites (tertiary alicyclic amines) is 1. The van der Waals surface area contributed by atoms with Crippen LogP contribution in [0.5, 0.6) is 0 Å². The highest BCUT2D eigenvalue weighted by Crippen LogP contribution is 2.47. The van der Waals surface area contributed by atoms with E-state index in [1.165, 1.54) is 12.5 Å². The van der Waals surface area contributed by atoms with Gasteiger partial charge in [-0.05, 0) is 26.1 Å². The van der Waals surface area contributed by atoms with Crippen LogP contribution in [0.3, 0.4) is 0 Å². The zero-order valence-electron chi connectivity index (χ0n) is 19.7. The summed E-state index contributed by atoms with van der Waals surface area (Å²) in [6.07, 6.45) is 4.74. The van der Waals surface area contributed by atoms with Crippen molar-refractivity contribution >= 4 is 34.9 Å².